The van der Waals surface area contributed by atoms with E-state index in [1.807, 2.05) is 0 Å². The summed E-state index contributed by atoms with van der Waals surface area (Å²) < 4.78 is 0. The van der Waals surface area contributed by atoms with E-state index in [4.69, 9.17) is 10.6 Å². The van der Waals surface area contributed by atoms with Crippen molar-refractivity contribution >= 4 is 17.5 Å². The summed E-state index contributed by atoms with van der Waals surface area (Å²) in [6, 6.07) is 0. The van der Waals surface area contributed by atoms with Gasteiger partial charge < -0.3 is 5.73 Å². The second-order valence-corrected chi connectivity index (χ2v) is 3.34. The first kappa shape index (κ1) is 10.6. The minimum Gasteiger partial charge on any atom is -0.378 e. The molecule has 0 spiro atoms. The Hall–Kier alpha value is -1.96. The summed E-state index contributed by atoms with van der Waals surface area (Å²) in [5.41, 5.74) is 5.16. The zero-order valence-corrected chi connectivity index (χ0v) is 8.50. The molecule has 2 rings (SSSR count). The van der Waals surface area contributed by atoms with Gasteiger partial charge in [-0.1, -0.05) is 0 Å². The van der Waals surface area contributed by atoms with Gasteiger partial charge in [0.05, 0.1) is 11.5 Å². The molecule has 0 bridgehead atoms. The van der Waals surface area contributed by atoms with Crippen LogP contribution in [0, 0.1) is 10.1 Å². The van der Waals surface area contributed by atoms with Crippen LogP contribution in [0.1, 0.15) is 12.8 Å². The lowest BCUT2D eigenvalue weighted by Crippen LogP contribution is -2.31. The monoisotopic (exact) mass is 225 g/mol. The fourth-order valence-corrected chi connectivity index (χ4v) is 1.39. The molecule has 1 aliphatic heterocycles. The van der Waals surface area contributed by atoms with Gasteiger partial charge in [-0.25, -0.2) is 10.0 Å². The van der Waals surface area contributed by atoms with E-state index in [-0.39, 0.29) is 17.5 Å². The van der Waals surface area contributed by atoms with E-state index in [9.17, 15) is 10.1 Å². The zero-order chi connectivity index (χ0) is 11.5. The Kier molecular flexibility index (Phi) is 2.82. The summed E-state index contributed by atoms with van der Waals surface area (Å²) in [6.07, 6.45) is 3.05. The predicted octanol–water partition coefficient (Wildman–Crippen LogP) is 0.499. The van der Waals surface area contributed by atoms with Crippen LogP contribution in [0.5, 0.6) is 0 Å². The highest BCUT2D eigenvalue weighted by Crippen LogP contribution is 2.21. The van der Waals surface area contributed by atoms with Crippen molar-refractivity contribution in [3.8, 4) is 0 Å². The Morgan fingerprint density at radius 2 is 2.38 bits per heavy atom. The first-order valence-electron chi connectivity index (χ1n) is 4.86. The van der Waals surface area contributed by atoms with Gasteiger partial charge >= 0.3 is 5.69 Å². The van der Waals surface area contributed by atoms with E-state index < -0.39 is 4.92 Å². The quantitative estimate of drug-likeness (QED) is 0.576. The molecule has 0 aromatic carbocycles. The largest absolute Gasteiger partial charge is 0.378 e. The maximum absolute atomic E-state index is 10.5. The van der Waals surface area contributed by atoms with Crippen LogP contribution in [-0.2, 0) is 4.84 Å². The van der Waals surface area contributed by atoms with Gasteiger partial charge in [-0.2, -0.15) is 4.98 Å². The van der Waals surface area contributed by atoms with Crippen molar-refractivity contribution in [1.82, 2.24) is 9.97 Å². The van der Waals surface area contributed by atoms with Gasteiger partial charge in [-0.3, -0.25) is 15.0 Å². The van der Waals surface area contributed by atoms with E-state index in [1.165, 1.54) is 5.06 Å². The van der Waals surface area contributed by atoms with Crippen molar-refractivity contribution in [2.45, 2.75) is 12.8 Å². The third kappa shape index (κ3) is 2.01. The number of hydrogen-bond donors (Lipinski definition) is 1. The number of nitrogens with two attached hydrogens (primary N) is 1. The van der Waals surface area contributed by atoms with Gasteiger partial charge in [0.1, 0.15) is 6.20 Å². The van der Waals surface area contributed by atoms with Gasteiger partial charge in [-0.15, -0.1) is 0 Å². The van der Waals surface area contributed by atoms with Crippen molar-refractivity contribution < 1.29 is 9.76 Å². The molecular formula is C8H11N5O3. The highest BCUT2D eigenvalue weighted by molar-refractivity contribution is 5.53. The highest BCUT2D eigenvalue weighted by Gasteiger charge is 2.19. The van der Waals surface area contributed by atoms with Gasteiger partial charge in [0.25, 0.3) is 5.95 Å². The van der Waals surface area contributed by atoms with Gasteiger partial charge in [0.15, 0.2) is 0 Å². The van der Waals surface area contributed by atoms with Crippen molar-refractivity contribution in [1.29, 1.82) is 0 Å². The van der Waals surface area contributed by atoms with E-state index >= 15 is 0 Å². The van der Waals surface area contributed by atoms with Crippen molar-refractivity contribution in [2.24, 2.45) is 0 Å². The number of nitrogen functional groups attached to an aromatic ring is 1. The van der Waals surface area contributed by atoms with Crippen molar-refractivity contribution in [3.63, 3.8) is 0 Å². The fourth-order valence-electron chi connectivity index (χ4n) is 1.39. The highest BCUT2D eigenvalue weighted by atomic mass is 16.7. The summed E-state index contributed by atoms with van der Waals surface area (Å²) in [4.78, 5) is 22.9. The topological polar surface area (TPSA) is 107 Å². The molecule has 0 radical (unpaired) electrons. The third-order valence-corrected chi connectivity index (χ3v) is 2.21. The molecular weight excluding hydrogens is 214 g/mol. The predicted molar refractivity (Wildman–Crippen MR) is 55.6 cm³/mol. The van der Waals surface area contributed by atoms with Crippen LogP contribution in [0.3, 0.4) is 0 Å². The molecule has 8 nitrogen and oxygen atoms in total. The van der Waals surface area contributed by atoms with Crippen LogP contribution in [0.2, 0.25) is 0 Å². The summed E-state index contributed by atoms with van der Waals surface area (Å²) in [5.74, 6) is 0.118. The lowest BCUT2D eigenvalue weighted by atomic mass is 10.3. The zero-order valence-electron chi connectivity index (χ0n) is 8.50. The summed E-state index contributed by atoms with van der Waals surface area (Å²) in [7, 11) is 0. The molecule has 0 saturated carbocycles. The molecule has 1 aliphatic rings. The molecule has 0 aliphatic carbocycles. The third-order valence-electron chi connectivity index (χ3n) is 2.21. The summed E-state index contributed by atoms with van der Waals surface area (Å²) in [6.45, 7) is 1.26. The van der Waals surface area contributed by atoms with Gasteiger partial charge in [-0.05, 0) is 12.8 Å². The Morgan fingerprint density at radius 1 is 1.56 bits per heavy atom. The summed E-state index contributed by atoms with van der Waals surface area (Å²) >= 11 is 0. The lowest BCUT2D eigenvalue weighted by Gasteiger charge is -2.25. The Morgan fingerprint density at radius 3 is 2.94 bits per heavy atom. The second-order valence-electron chi connectivity index (χ2n) is 3.34. The molecule has 0 unspecified atom stereocenters. The number of anilines is 2. The molecule has 1 fully saturated rings. The van der Waals surface area contributed by atoms with E-state index in [1.54, 1.807) is 0 Å². The van der Waals surface area contributed by atoms with Crippen LogP contribution in [-0.4, -0.2) is 28.0 Å². The average molecular weight is 225 g/mol. The molecule has 0 atom stereocenters. The first-order valence-corrected chi connectivity index (χ1v) is 4.86. The molecule has 1 aromatic rings. The molecule has 86 valence electrons. The van der Waals surface area contributed by atoms with Crippen molar-refractivity contribution in [3.05, 3.63) is 16.3 Å². The Balaban J connectivity index is 2.23. The molecule has 2 heterocycles. The van der Waals surface area contributed by atoms with Gasteiger partial charge in [0.2, 0.25) is 5.82 Å². The first-order chi connectivity index (χ1) is 7.68. The van der Waals surface area contributed by atoms with E-state index in [0.717, 1.165) is 19.0 Å². The maximum Gasteiger partial charge on any atom is 0.329 e. The molecule has 8 heteroatoms. The molecule has 0 amide bonds. The van der Waals surface area contributed by atoms with Crippen molar-refractivity contribution in [2.75, 3.05) is 23.9 Å². The van der Waals surface area contributed by atoms with Crippen LogP contribution in [0.4, 0.5) is 17.5 Å². The minimum atomic E-state index is -0.615. The Labute approximate surface area is 91.1 Å². The molecule has 1 aromatic heterocycles. The van der Waals surface area contributed by atoms with Crippen LogP contribution < -0.4 is 10.8 Å². The Bertz CT molecular complexity index is 405. The van der Waals surface area contributed by atoms with E-state index in [0.29, 0.717) is 13.2 Å². The van der Waals surface area contributed by atoms with Gasteiger partial charge in [0, 0.05) is 6.54 Å². The lowest BCUT2D eigenvalue weighted by molar-refractivity contribution is -0.384. The number of hydroxylamine groups is 1. The molecule has 1 saturated heterocycles. The van der Waals surface area contributed by atoms with Crippen LogP contribution in [0.15, 0.2) is 6.20 Å². The number of nitro groups is 1. The molecule has 16 heavy (non-hydrogen) atoms. The van der Waals surface area contributed by atoms with Crippen LogP contribution >= 0.6 is 0 Å². The fraction of sp³-hybridized carbons (Fsp3) is 0.500. The maximum atomic E-state index is 10.5. The average Bonchev–Trinajstić information content (AvgIpc) is 2.29. The SMILES string of the molecule is Nc1nc(N2CCCCO2)ncc1[N+](=O)[O-]. The van der Waals surface area contributed by atoms with E-state index in [2.05, 4.69) is 9.97 Å². The summed E-state index contributed by atoms with van der Waals surface area (Å²) in [5, 5.41) is 12.0. The van der Waals surface area contributed by atoms with Crippen LogP contribution in [0.25, 0.3) is 0 Å². The number of aromatic nitrogens is 2. The number of rotatable bonds is 2. The second kappa shape index (κ2) is 4.27. The minimum absolute atomic E-state index is 0.149. The number of hydrogen-bond acceptors (Lipinski definition) is 7. The number of nitrogens with zero attached hydrogens (tertiary/aromatic N) is 4. The standard InChI is InChI=1S/C8H11N5O3/c9-7-6(13(14)15)5-10-8(11-7)12-3-1-2-4-16-12/h5H,1-4H2,(H2,9,10,11). The smallest absolute Gasteiger partial charge is 0.329 e. The molecule has 2 N–H and O–H groups in total. The normalized spacial score (nSPS) is 16.1.